The molecule has 1 aliphatic heterocycles. The molecule has 3 heteroatoms. The van der Waals surface area contributed by atoms with Crippen molar-refractivity contribution < 1.29 is 4.79 Å². The van der Waals surface area contributed by atoms with Gasteiger partial charge in [0.25, 0.3) is 0 Å². The maximum Gasteiger partial charge on any atom is 0.222 e. The second-order valence-corrected chi connectivity index (χ2v) is 5.43. The van der Waals surface area contributed by atoms with Crippen LogP contribution in [-0.2, 0) is 4.79 Å². The Balaban J connectivity index is 2.13. The fourth-order valence-corrected chi connectivity index (χ4v) is 2.51. The smallest absolute Gasteiger partial charge is 0.222 e. The number of hydrogen-bond acceptors (Lipinski definition) is 2. The number of unbranched alkanes of at least 4 members (excludes halogenated alkanes) is 3. The van der Waals surface area contributed by atoms with Crippen molar-refractivity contribution >= 4 is 5.91 Å². The largest absolute Gasteiger partial charge is 0.344 e. The van der Waals surface area contributed by atoms with Crippen LogP contribution in [0.5, 0.6) is 0 Å². The van der Waals surface area contributed by atoms with E-state index < -0.39 is 0 Å². The van der Waals surface area contributed by atoms with E-state index in [1.54, 1.807) is 0 Å². The first-order valence-corrected chi connectivity index (χ1v) is 7.13. The molecule has 1 aliphatic rings. The fraction of sp³-hybridized carbons (Fsp3) is 0.929. The zero-order chi connectivity index (χ0) is 12.7. The van der Waals surface area contributed by atoms with Gasteiger partial charge in [0.05, 0.1) is 0 Å². The van der Waals surface area contributed by atoms with Gasteiger partial charge in [-0.25, -0.2) is 0 Å². The summed E-state index contributed by atoms with van der Waals surface area (Å²) >= 11 is 0. The van der Waals surface area contributed by atoms with Crippen LogP contribution in [0.4, 0.5) is 0 Å². The summed E-state index contributed by atoms with van der Waals surface area (Å²) in [6, 6.07) is 1.08. The van der Waals surface area contributed by atoms with Crippen LogP contribution in [0.3, 0.4) is 0 Å². The molecule has 0 bridgehead atoms. The average Bonchev–Trinajstić information content (AvgIpc) is 2.30. The zero-order valence-corrected chi connectivity index (χ0v) is 11.7. The SMILES string of the molecule is CCCCCCC(C)NC1CCC(=O)N(C)C1. The van der Waals surface area contributed by atoms with E-state index in [2.05, 4.69) is 19.2 Å². The van der Waals surface area contributed by atoms with Gasteiger partial charge >= 0.3 is 0 Å². The first-order chi connectivity index (χ1) is 8.13. The molecule has 0 aliphatic carbocycles. The van der Waals surface area contributed by atoms with E-state index in [9.17, 15) is 4.79 Å². The molecule has 2 atom stereocenters. The second kappa shape index (κ2) is 7.70. The summed E-state index contributed by atoms with van der Waals surface area (Å²) in [4.78, 5) is 13.2. The van der Waals surface area contributed by atoms with Crippen molar-refractivity contribution in [3.8, 4) is 0 Å². The summed E-state index contributed by atoms with van der Waals surface area (Å²) in [5, 5.41) is 3.65. The number of hydrogen-bond donors (Lipinski definition) is 1. The predicted octanol–water partition coefficient (Wildman–Crippen LogP) is 2.56. The Morgan fingerprint density at radius 1 is 1.41 bits per heavy atom. The average molecular weight is 240 g/mol. The summed E-state index contributed by atoms with van der Waals surface area (Å²) in [7, 11) is 1.90. The van der Waals surface area contributed by atoms with Crippen LogP contribution in [0.2, 0.25) is 0 Å². The van der Waals surface area contributed by atoms with Crippen LogP contribution in [0.1, 0.15) is 58.8 Å². The number of likely N-dealkylation sites (N-methyl/N-ethyl adjacent to an activating group) is 1. The molecule has 1 fully saturated rings. The van der Waals surface area contributed by atoms with E-state index in [1.165, 1.54) is 32.1 Å². The Morgan fingerprint density at radius 3 is 2.82 bits per heavy atom. The highest BCUT2D eigenvalue weighted by Crippen LogP contribution is 2.12. The number of nitrogens with zero attached hydrogens (tertiary/aromatic N) is 1. The third-order valence-corrected chi connectivity index (χ3v) is 3.64. The molecule has 1 heterocycles. The van der Waals surface area contributed by atoms with E-state index in [0.717, 1.165) is 13.0 Å². The molecule has 0 saturated carbocycles. The molecule has 1 saturated heterocycles. The van der Waals surface area contributed by atoms with E-state index in [0.29, 0.717) is 24.4 Å². The summed E-state index contributed by atoms with van der Waals surface area (Å²) in [6.45, 7) is 5.39. The van der Waals surface area contributed by atoms with Gasteiger partial charge in [-0.1, -0.05) is 32.6 Å². The molecule has 17 heavy (non-hydrogen) atoms. The van der Waals surface area contributed by atoms with Gasteiger partial charge in [-0.05, 0) is 19.8 Å². The first kappa shape index (κ1) is 14.5. The first-order valence-electron chi connectivity index (χ1n) is 7.13. The van der Waals surface area contributed by atoms with Gasteiger partial charge in [0.1, 0.15) is 0 Å². The van der Waals surface area contributed by atoms with Crippen LogP contribution < -0.4 is 5.32 Å². The van der Waals surface area contributed by atoms with E-state index >= 15 is 0 Å². The minimum absolute atomic E-state index is 0.290. The molecule has 1 amide bonds. The lowest BCUT2D eigenvalue weighted by Crippen LogP contribution is -2.49. The highest BCUT2D eigenvalue weighted by atomic mass is 16.2. The number of carbonyl (C=O) groups excluding carboxylic acids is 1. The molecule has 0 aromatic heterocycles. The molecule has 0 radical (unpaired) electrons. The Hall–Kier alpha value is -0.570. The van der Waals surface area contributed by atoms with Crippen molar-refractivity contribution in [1.82, 2.24) is 10.2 Å². The van der Waals surface area contributed by atoms with Gasteiger partial charge in [0, 0.05) is 32.1 Å². The molecule has 0 spiro atoms. The number of likely N-dealkylation sites (tertiary alicyclic amines) is 1. The maximum atomic E-state index is 11.4. The highest BCUT2D eigenvalue weighted by Gasteiger charge is 2.23. The third-order valence-electron chi connectivity index (χ3n) is 3.64. The Kier molecular flexibility index (Phi) is 6.56. The fourth-order valence-electron chi connectivity index (χ4n) is 2.51. The molecule has 3 nitrogen and oxygen atoms in total. The summed E-state index contributed by atoms with van der Waals surface area (Å²) in [5.74, 6) is 0.290. The Labute approximate surface area is 106 Å². The van der Waals surface area contributed by atoms with Crippen LogP contribution in [0.15, 0.2) is 0 Å². The molecule has 2 unspecified atom stereocenters. The number of piperidine rings is 1. The second-order valence-electron chi connectivity index (χ2n) is 5.43. The van der Waals surface area contributed by atoms with Gasteiger partial charge < -0.3 is 10.2 Å². The number of nitrogens with one attached hydrogen (secondary N) is 1. The van der Waals surface area contributed by atoms with E-state index in [-0.39, 0.29) is 0 Å². The molecule has 100 valence electrons. The van der Waals surface area contributed by atoms with Crippen molar-refractivity contribution in [2.75, 3.05) is 13.6 Å². The van der Waals surface area contributed by atoms with Crippen molar-refractivity contribution in [1.29, 1.82) is 0 Å². The molecular formula is C14H28N2O. The maximum absolute atomic E-state index is 11.4. The topological polar surface area (TPSA) is 32.3 Å². The standard InChI is InChI=1S/C14H28N2O/c1-4-5-6-7-8-12(2)15-13-9-10-14(17)16(3)11-13/h12-13,15H,4-11H2,1-3H3. The van der Waals surface area contributed by atoms with E-state index in [4.69, 9.17) is 0 Å². The van der Waals surface area contributed by atoms with Crippen LogP contribution >= 0.6 is 0 Å². The lowest BCUT2D eigenvalue weighted by atomic mass is 10.0. The molecule has 1 N–H and O–H groups in total. The molecule has 0 aromatic carbocycles. The number of carbonyl (C=O) groups is 1. The quantitative estimate of drug-likeness (QED) is 0.694. The molecule has 1 rings (SSSR count). The summed E-state index contributed by atoms with van der Waals surface area (Å²) < 4.78 is 0. The Morgan fingerprint density at radius 2 is 2.18 bits per heavy atom. The van der Waals surface area contributed by atoms with Crippen LogP contribution in [0.25, 0.3) is 0 Å². The summed E-state index contributed by atoms with van der Waals surface area (Å²) in [5.41, 5.74) is 0. The van der Waals surface area contributed by atoms with Gasteiger partial charge in [0.2, 0.25) is 5.91 Å². The van der Waals surface area contributed by atoms with Crippen LogP contribution in [-0.4, -0.2) is 36.5 Å². The van der Waals surface area contributed by atoms with Gasteiger partial charge in [-0.15, -0.1) is 0 Å². The number of amides is 1. The predicted molar refractivity (Wildman–Crippen MR) is 72.0 cm³/mol. The van der Waals surface area contributed by atoms with Gasteiger partial charge in [-0.2, -0.15) is 0 Å². The third kappa shape index (κ3) is 5.53. The minimum atomic E-state index is 0.290. The minimum Gasteiger partial charge on any atom is -0.344 e. The molecular weight excluding hydrogens is 212 g/mol. The number of rotatable bonds is 7. The zero-order valence-electron chi connectivity index (χ0n) is 11.7. The van der Waals surface area contributed by atoms with Crippen molar-refractivity contribution in [3.63, 3.8) is 0 Å². The highest BCUT2D eigenvalue weighted by molar-refractivity contribution is 5.76. The normalized spacial score (nSPS) is 22.9. The van der Waals surface area contributed by atoms with Crippen molar-refractivity contribution in [3.05, 3.63) is 0 Å². The van der Waals surface area contributed by atoms with E-state index in [1.807, 2.05) is 11.9 Å². The van der Waals surface area contributed by atoms with Crippen molar-refractivity contribution in [2.45, 2.75) is 70.9 Å². The van der Waals surface area contributed by atoms with Crippen LogP contribution in [0, 0.1) is 0 Å². The Bertz CT molecular complexity index is 230. The molecule has 0 aromatic rings. The summed E-state index contributed by atoms with van der Waals surface area (Å²) in [6.07, 6.45) is 8.30. The van der Waals surface area contributed by atoms with Crippen molar-refractivity contribution in [2.24, 2.45) is 0 Å². The lowest BCUT2D eigenvalue weighted by Gasteiger charge is -2.32. The van der Waals surface area contributed by atoms with Gasteiger partial charge in [0.15, 0.2) is 0 Å². The lowest BCUT2D eigenvalue weighted by molar-refractivity contribution is -0.132. The monoisotopic (exact) mass is 240 g/mol. The van der Waals surface area contributed by atoms with Gasteiger partial charge in [-0.3, -0.25) is 4.79 Å².